The molecule has 2 aromatic carbocycles. The summed E-state index contributed by atoms with van der Waals surface area (Å²) in [7, 11) is 3.11. The molecule has 0 bridgehead atoms. The lowest BCUT2D eigenvalue weighted by atomic mass is 9.93. The molecule has 8 nitrogen and oxygen atoms in total. The summed E-state index contributed by atoms with van der Waals surface area (Å²) in [6, 6.07) is 8.27. The van der Waals surface area contributed by atoms with Gasteiger partial charge >= 0.3 is 5.97 Å². The molecule has 0 aliphatic carbocycles. The van der Waals surface area contributed by atoms with Crippen molar-refractivity contribution in [2.75, 3.05) is 27.4 Å². The summed E-state index contributed by atoms with van der Waals surface area (Å²) in [5.41, 5.74) is 1.93. The number of esters is 1. The van der Waals surface area contributed by atoms with Crippen molar-refractivity contribution in [2.45, 2.75) is 39.7 Å². The summed E-state index contributed by atoms with van der Waals surface area (Å²) in [5.74, 6) is 1.18. The van der Waals surface area contributed by atoms with E-state index in [2.05, 4.69) is 31.9 Å². The van der Waals surface area contributed by atoms with Crippen LogP contribution in [0.25, 0.3) is 6.08 Å². The van der Waals surface area contributed by atoms with Crippen LogP contribution in [0, 0.1) is 0 Å². The number of nitrogens with zero attached hydrogens (tertiary/aromatic N) is 2. The van der Waals surface area contributed by atoms with Crippen LogP contribution in [0.1, 0.15) is 50.8 Å². The second-order valence-electron chi connectivity index (χ2n) is 8.76. The Labute approximate surface area is 253 Å². The topological polar surface area (TPSA) is 88.4 Å². The number of halogens is 2. The smallest absolute Gasteiger partial charge is 0.338 e. The number of benzene rings is 2. The van der Waals surface area contributed by atoms with E-state index < -0.39 is 12.0 Å². The number of methoxy groups -OCH3 is 2. The van der Waals surface area contributed by atoms with Gasteiger partial charge in [-0.2, -0.15) is 0 Å². The van der Waals surface area contributed by atoms with Crippen molar-refractivity contribution in [3.8, 4) is 17.2 Å². The minimum Gasteiger partial charge on any atom is -0.497 e. The molecule has 0 spiro atoms. The lowest BCUT2D eigenvalue weighted by Gasteiger charge is -2.27. The Kier molecular flexibility index (Phi) is 9.91. The molecule has 0 unspecified atom stereocenters. The van der Waals surface area contributed by atoms with Crippen molar-refractivity contribution in [1.82, 2.24) is 4.57 Å². The zero-order valence-electron chi connectivity index (χ0n) is 22.9. The minimum absolute atomic E-state index is 0.187. The normalized spacial score (nSPS) is 15.0. The Morgan fingerprint density at radius 2 is 1.88 bits per heavy atom. The van der Waals surface area contributed by atoms with E-state index in [0.29, 0.717) is 56.4 Å². The van der Waals surface area contributed by atoms with Crippen molar-refractivity contribution in [1.29, 1.82) is 0 Å². The number of carbonyl (C=O) groups is 1. The maximum Gasteiger partial charge on any atom is 0.338 e. The van der Waals surface area contributed by atoms with E-state index in [4.69, 9.17) is 23.9 Å². The molecule has 11 heteroatoms. The van der Waals surface area contributed by atoms with Crippen molar-refractivity contribution in [3.63, 3.8) is 0 Å². The average molecular weight is 694 g/mol. The third-order valence-corrected chi connectivity index (χ3v) is 8.27. The van der Waals surface area contributed by atoms with Crippen LogP contribution in [0.15, 0.2) is 60.3 Å². The highest BCUT2D eigenvalue weighted by atomic mass is 79.9. The van der Waals surface area contributed by atoms with Crippen LogP contribution < -0.4 is 29.1 Å². The van der Waals surface area contributed by atoms with Gasteiger partial charge in [0.05, 0.1) is 47.7 Å². The summed E-state index contributed by atoms with van der Waals surface area (Å²) in [4.78, 5) is 32.9. The first-order chi connectivity index (χ1) is 19.3. The monoisotopic (exact) mass is 692 g/mol. The fraction of sp³-hybridized carbons (Fsp3) is 0.345. The minimum atomic E-state index is -0.829. The van der Waals surface area contributed by atoms with Crippen molar-refractivity contribution >= 4 is 55.2 Å². The van der Waals surface area contributed by atoms with Gasteiger partial charge in [0.25, 0.3) is 5.56 Å². The van der Waals surface area contributed by atoms with E-state index >= 15 is 0 Å². The third kappa shape index (κ3) is 5.91. The molecule has 212 valence electrons. The van der Waals surface area contributed by atoms with Gasteiger partial charge in [-0.3, -0.25) is 9.36 Å². The number of aromatic nitrogens is 1. The first-order valence-electron chi connectivity index (χ1n) is 12.8. The predicted octanol–water partition coefficient (Wildman–Crippen LogP) is 5.52. The first kappa shape index (κ1) is 30.1. The zero-order chi connectivity index (χ0) is 29.0. The zero-order valence-corrected chi connectivity index (χ0v) is 26.9. The molecule has 3 aromatic rings. The molecule has 0 radical (unpaired) electrons. The number of fused-ring (bicyclic) bond motifs is 1. The lowest BCUT2D eigenvalue weighted by Crippen LogP contribution is -2.40. The quantitative estimate of drug-likeness (QED) is 0.260. The Morgan fingerprint density at radius 1 is 1.10 bits per heavy atom. The number of hydrogen-bond acceptors (Lipinski definition) is 8. The van der Waals surface area contributed by atoms with Gasteiger partial charge in [0.1, 0.15) is 23.3 Å². The Morgan fingerprint density at radius 3 is 2.52 bits per heavy atom. The highest BCUT2D eigenvalue weighted by Gasteiger charge is 2.36. The van der Waals surface area contributed by atoms with Gasteiger partial charge in [-0.25, -0.2) is 9.79 Å². The van der Waals surface area contributed by atoms with E-state index in [9.17, 15) is 9.59 Å². The van der Waals surface area contributed by atoms with Gasteiger partial charge in [-0.05, 0) is 72.6 Å². The van der Waals surface area contributed by atoms with Crippen LogP contribution in [0.3, 0.4) is 0 Å². The van der Waals surface area contributed by atoms with Crippen LogP contribution in [0.5, 0.6) is 17.2 Å². The van der Waals surface area contributed by atoms with Gasteiger partial charge in [-0.15, -0.1) is 0 Å². The van der Waals surface area contributed by atoms with Gasteiger partial charge in [0.15, 0.2) is 4.80 Å². The second kappa shape index (κ2) is 13.2. The SMILES string of the molecule is CCCC1=C(C(=O)OCC)[C@H](c2cc(OC)ccc2OC)n2c(s/c(=C\c3cc(Br)cc(Br)c3OCC)c2=O)=N1. The third-order valence-electron chi connectivity index (χ3n) is 6.24. The molecule has 2 heterocycles. The number of ether oxygens (including phenoxy) is 4. The molecular weight excluding hydrogens is 664 g/mol. The molecule has 40 heavy (non-hydrogen) atoms. The van der Waals surface area contributed by atoms with Crippen LogP contribution in [0.4, 0.5) is 0 Å². The van der Waals surface area contributed by atoms with E-state index in [1.165, 1.54) is 11.3 Å². The maximum atomic E-state index is 14.2. The second-order valence-corrected chi connectivity index (χ2v) is 11.5. The Balaban J connectivity index is 2.08. The standard InChI is InChI=1S/C29H30Br2N2O6S/c1-6-9-21-24(28(35)39-8-3)25(19-15-18(36-4)10-11-22(19)37-5)33-27(34)23(40-29(33)32-21)13-16-12-17(30)14-20(31)26(16)38-7-2/h10-15,25H,6-9H2,1-5H3/b23-13-/t25-/m0/s1. The molecule has 0 fully saturated rings. The first-order valence-corrected chi connectivity index (χ1v) is 15.2. The van der Waals surface area contributed by atoms with Crippen LogP contribution in [-0.2, 0) is 9.53 Å². The van der Waals surface area contributed by atoms with Gasteiger partial charge in [0, 0.05) is 15.6 Å². The molecule has 0 saturated heterocycles. The van der Waals surface area contributed by atoms with E-state index in [1.54, 1.807) is 50.0 Å². The summed E-state index contributed by atoms with van der Waals surface area (Å²) in [5, 5.41) is 0. The van der Waals surface area contributed by atoms with Crippen LogP contribution in [0.2, 0.25) is 0 Å². The molecule has 1 aliphatic heterocycles. The summed E-state index contributed by atoms with van der Waals surface area (Å²) >= 11 is 8.35. The van der Waals surface area contributed by atoms with Gasteiger partial charge in [0.2, 0.25) is 0 Å². The summed E-state index contributed by atoms with van der Waals surface area (Å²) in [6.07, 6.45) is 3.08. The maximum absolute atomic E-state index is 14.2. The molecule has 4 rings (SSSR count). The highest BCUT2D eigenvalue weighted by Crippen LogP contribution is 2.39. The van der Waals surface area contributed by atoms with Crippen molar-refractivity contribution < 1.29 is 23.7 Å². The van der Waals surface area contributed by atoms with E-state index in [1.807, 2.05) is 26.0 Å². The van der Waals surface area contributed by atoms with E-state index in [0.717, 1.165) is 20.9 Å². The molecule has 0 N–H and O–H groups in total. The molecule has 1 aromatic heterocycles. The highest BCUT2D eigenvalue weighted by molar-refractivity contribution is 9.11. The number of hydrogen-bond donors (Lipinski definition) is 0. The average Bonchev–Trinajstić information content (AvgIpc) is 3.24. The van der Waals surface area contributed by atoms with E-state index in [-0.39, 0.29) is 12.2 Å². The molecular formula is C29H30Br2N2O6S. The number of allylic oxidation sites excluding steroid dienone is 1. The van der Waals surface area contributed by atoms with Gasteiger partial charge in [-0.1, -0.05) is 40.6 Å². The number of rotatable bonds is 10. The molecule has 1 atom stereocenters. The van der Waals surface area contributed by atoms with Crippen LogP contribution >= 0.6 is 43.2 Å². The number of carbonyl (C=O) groups excluding carboxylic acids is 1. The van der Waals surface area contributed by atoms with Crippen molar-refractivity contribution in [3.05, 3.63) is 81.4 Å². The van der Waals surface area contributed by atoms with Crippen LogP contribution in [-0.4, -0.2) is 38.0 Å². The summed E-state index contributed by atoms with van der Waals surface area (Å²) in [6.45, 7) is 6.32. The number of thiazole rings is 1. The largest absolute Gasteiger partial charge is 0.497 e. The molecule has 0 saturated carbocycles. The Bertz CT molecular complexity index is 1640. The predicted molar refractivity (Wildman–Crippen MR) is 162 cm³/mol. The Hall–Kier alpha value is -2.89. The van der Waals surface area contributed by atoms with Crippen molar-refractivity contribution in [2.24, 2.45) is 4.99 Å². The fourth-order valence-electron chi connectivity index (χ4n) is 4.59. The molecule has 1 aliphatic rings. The van der Waals surface area contributed by atoms with Gasteiger partial charge < -0.3 is 18.9 Å². The fourth-order valence-corrected chi connectivity index (χ4v) is 6.98. The summed E-state index contributed by atoms with van der Waals surface area (Å²) < 4.78 is 26.2. The molecule has 0 amide bonds. The lowest BCUT2D eigenvalue weighted by molar-refractivity contribution is -0.139.